The minimum absolute atomic E-state index is 0.0136. The molecule has 1 N–H and O–H groups in total. The topological polar surface area (TPSA) is 92.9 Å². The highest BCUT2D eigenvalue weighted by Crippen LogP contribution is 2.40. The van der Waals surface area contributed by atoms with Crippen molar-refractivity contribution in [3.63, 3.8) is 0 Å². The molecule has 3 aromatic rings. The van der Waals surface area contributed by atoms with Gasteiger partial charge in [0.15, 0.2) is 0 Å². The number of pyridine rings is 1. The van der Waals surface area contributed by atoms with Gasteiger partial charge < -0.3 is 19.2 Å². The Morgan fingerprint density at radius 2 is 1.97 bits per heavy atom. The molecule has 0 aliphatic carbocycles. The van der Waals surface area contributed by atoms with E-state index in [1.807, 2.05) is 0 Å². The molecular formula is C22H18N2O5. The van der Waals surface area contributed by atoms with Gasteiger partial charge in [-0.05, 0) is 48.0 Å². The number of aliphatic hydroxyl groups excluding tert-OH is 1. The molecule has 4 rings (SSSR count). The summed E-state index contributed by atoms with van der Waals surface area (Å²) in [6, 6.07) is 12.8. The maximum atomic E-state index is 12.9. The van der Waals surface area contributed by atoms with Crippen molar-refractivity contribution in [2.24, 2.45) is 0 Å². The van der Waals surface area contributed by atoms with Gasteiger partial charge in [-0.1, -0.05) is 6.07 Å². The molecule has 7 nitrogen and oxygen atoms in total. The van der Waals surface area contributed by atoms with Crippen LogP contribution < -0.4 is 4.74 Å². The quantitative estimate of drug-likeness (QED) is 0.408. The normalized spacial score (nSPS) is 18.2. The number of ketones is 1. The summed E-state index contributed by atoms with van der Waals surface area (Å²) in [5, 5.41) is 10.9. The van der Waals surface area contributed by atoms with E-state index in [1.165, 1.54) is 18.3 Å². The highest BCUT2D eigenvalue weighted by Gasteiger charge is 2.46. The predicted octanol–water partition coefficient (Wildman–Crippen LogP) is 3.31. The smallest absolute Gasteiger partial charge is 0.296 e. The van der Waals surface area contributed by atoms with Crippen LogP contribution in [0.2, 0.25) is 0 Å². The molecule has 1 saturated heterocycles. The highest BCUT2D eigenvalue weighted by atomic mass is 16.5. The first-order chi connectivity index (χ1) is 14.1. The molecular weight excluding hydrogens is 372 g/mol. The molecule has 0 spiro atoms. The van der Waals surface area contributed by atoms with E-state index in [9.17, 15) is 14.7 Å². The molecule has 29 heavy (non-hydrogen) atoms. The van der Waals surface area contributed by atoms with Crippen molar-refractivity contribution in [2.75, 3.05) is 7.11 Å². The lowest BCUT2D eigenvalue weighted by Gasteiger charge is -2.24. The molecule has 1 aromatic carbocycles. The summed E-state index contributed by atoms with van der Waals surface area (Å²) in [5.74, 6) is -0.556. The molecule has 1 aliphatic heterocycles. The van der Waals surface area contributed by atoms with Gasteiger partial charge in [-0.25, -0.2) is 0 Å². The molecule has 1 fully saturated rings. The number of hydrogen-bond acceptors (Lipinski definition) is 6. The van der Waals surface area contributed by atoms with E-state index in [1.54, 1.807) is 60.9 Å². The van der Waals surface area contributed by atoms with Crippen LogP contribution in [0.5, 0.6) is 5.75 Å². The fourth-order valence-corrected chi connectivity index (χ4v) is 3.40. The van der Waals surface area contributed by atoms with Gasteiger partial charge in [-0.15, -0.1) is 0 Å². The third-order valence-corrected chi connectivity index (χ3v) is 4.81. The number of furan rings is 1. The van der Waals surface area contributed by atoms with Crippen LogP contribution in [0.4, 0.5) is 0 Å². The minimum atomic E-state index is -0.782. The Morgan fingerprint density at radius 1 is 1.17 bits per heavy atom. The van der Waals surface area contributed by atoms with Gasteiger partial charge >= 0.3 is 0 Å². The number of aromatic nitrogens is 1. The van der Waals surface area contributed by atoms with Crippen LogP contribution >= 0.6 is 0 Å². The van der Waals surface area contributed by atoms with E-state index in [4.69, 9.17) is 9.15 Å². The Kier molecular flexibility index (Phi) is 4.87. The van der Waals surface area contributed by atoms with Crippen molar-refractivity contribution < 1.29 is 23.8 Å². The molecule has 0 bridgehead atoms. The highest BCUT2D eigenvalue weighted by molar-refractivity contribution is 6.46. The summed E-state index contributed by atoms with van der Waals surface area (Å²) in [4.78, 5) is 31.2. The summed E-state index contributed by atoms with van der Waals surface area (Å²) in [7, 11) is 1.54. The van der Waals surface area contributed by atoms with Crippen LogP contribution in [0.3, 0.4) is 0 Å². The Hall–Kier alpha value is -3.87. The molecule has 146 valence electrons. The van der Waals surface area contributed by atoms with Crippen molar-refractivity contribution in [1.82, 2.24) is 9.88 Å². The van der Waals surface area contributed by atoms with Crippen LogP contribution in [-0.4, -0.2) is 33.8 Å². The molecule has 1 amide bonds. The largest absolute Gasteiger partial charge is 0.507 e. The summed E-state index contributed by atoms with van der Waals surface area (Å²) in [5.41, 5.74) is 1.05. The zero-order chi connectivity index (χ0) is 20.4. The number of Topliss-reactive ketones (excluding diaryl/α,β-unsaturated/α-hetero) is 1. The Labute approximate surface area is 166 Å². The third-order valence-electron chi connectivity index (χ3n) is 4.81. The molecule has 1 aliphatic rings. The van der Waals surface area contributed by atoms with Crippen LogP contribution in [0.1, 0.15) is 22.9 Å². The van der Waals surface area contributed by atoms with E-state index in [0.29, 0.717) is 22.6 Å². The maximum absolute atomic E-state index is 12.9. The second kappa shape index (κ2) is 7.63. The summed E-state index contributed by atoms with van der Waals surface area (Å²) < 4.78 is 10.5. The van der Waals surface area contributed by atoms with E-state index in [2.05, 4.69) is 4.98 Å². The van der Waals surface area contributed by atoms with E-state index in [-0.39, 0.29) is 17.9 Å². The average molecular weight is 390 g/mol. The van der Waals surface area contributed by atoms with Crippen molar-refractivity contribution in [3.8, 4) is 5.75 Å². The Bertz CT molecular complexity index is 1060. The van der Waals surface area contributed by atoms with E-state index in [0.717, 1.165) is 0 Å². The van der Waals surface area contributed by atoms with Crippen molar-refractivity contribution in [2.45, 2.75) is 12.6 Å². The number of rotatable bonds is 5. The number of carbonyl (C=O) groups excluding carboxylic acids is 2. The van der Waals surface area contributed by atoms with Crippen LogP contribution in [0, 0.1) is 0 Å². The molecule has 1 atom stereocenters. The van der Waals surface area contributed by atoms with Gasteiger partial charge in [0.05, 0.1) is 31.5 Å². The number of aliphatic hydroxyl groups is 1. The van der Waals surface area contributed by atoms with Crippen LogP contribution in [0.25, 0.3) is 5.76 Å². The van der Waals surface area contributed by atoms with E-state index >= 15 is 0 Å². The lowest BCUT2D eigenvalue weighted by molar-refractivity contribution is -0.140. The number of carbonyl (C=O) groups is 2. The minimum Gasteiger partial charge on any atom is -0.507 e. The van der Waals surface area contributed by atoms with Gasteiger partial charge in [0.25, 0.3) is 11.7 Å². The summed E-state index contributed by atoms with van der Waals surface area (Å²) >= 11 is 0. The number of amides is 1. The van der Waals surface area contributed by atoms with Gasteiger partial charge in [0, 0.05) is 18.0 Å². The van der Waals surface area contributed by atoms with Crippen molar-refractivity contribution in [3.05, 3.63) is 89.6 Å². The first-order valence-electron chi connectivity index (χ1n) is 8.95. The maximum Gasteiger partial charge on any atom is 0.296 e. The molecule has 3 heterocycles. The summed E-state index contributed by atoms with van der Waals surface area (Å²) in [6.45, 7) is 0.0938. The second-order valence-electron chi connectivity index (χ2n) is 6.52. The third kappa shape index (κ3) is 3.38. The van der Waals surface area contributed by atoms with E-state index < -0.39 is 17.7 Å². The van der Waals surface area contributed by atoms with Gasteiger partial charge in [0.1, 0.15) is 17.3 Å². The number of likely N-dealkylation sites (tertiary alicyclic amines) is 1. The van der Waals surface area contributed by atoms with Gasteiger partial charge in [0.2, 0.25) is 0 Å². The van der Waals surface area contributed by atoms with Gasteiger partial charge in [-0.2, -0.15) is 0 Å². The van der Waals surface area contributed by atoms with Crippen molar-refractivity contribution in [1.29, 1.82) is 0 Å². The first kappa shape index (κ1) is 18.5. The standard InChI is InChI=1S/C22H18N2O5/c1-28-16-8-6-14(7-9-16)20(25)18-19(15-4-2-10-23-12-15)24(22(27)21(18)26)13-17-5-3-11-29-17/h2-12,19,25H,13H2,1H3/b20-18+/t19-/m0/s1. The fraction of sp³-hybridized carbons (Fsp3) is 0.136. The monoisotopic (exact) mass is 390 g/mol. The summed E-state index contributed by atoms with van der Waals surface area (Å²) in [6.07, 6.45) is 4.68. The van der Waals surface area contributed by atoms with Crippen LogP contribution in [0.15, 0.2) is 77.2 Å². The number of hydrogen-bond donors (Lipinski definition) is 1. The predicted molar refractivity (Wildman–Crippen MR) is 104 cm³/mol. The fourth-order valence-electron chi connectivity index (χ4n) is 3.40. The number of methoxy groups -OCH3 is 1. The molecule has 0 radical (unpaired) electrons. The molecule has 0 unspecified atom stereocenters. The SMILES string of the molecule is COc1ccc(/C(O)=C2\C(=O)C(=O)N(Cc3ccco3)[C@H]2c2cccnc2)cc1. The number of ether oxygens (including phenoxy) is 1. The molecule has 7 heteroatoms. The molecule has 0 saturated carbocycles. The zero-order valence-corrected chi connectivity index (χ0v) is 15.6. The second-order valence-corrected chi connectivity index (χ2v) is 6.52. The van der Waals surface area contributed by atoms with Crippen LogP contribution in [-0.2, 0) is 16.1 Å². The number of nitrogens with zero attached hydrogens (tertiary/aromatic N) is 2. The lowest BCUT2D eigenvalue weighted by atomic mass is 9.96. The first-order valence-corrected chi connectivity index (χ1v) is 8.95. The number of benzene rings is 1. The van der Waals surface area contributed by atoms with Gasteiger partial charge in [-0.3, -0.25) is 14.6 Å². The zero-order valence-electron chi connectivity index (χ0n) is 15.6. The van der Waals surface area contributed by atoms with Crippen molar-refractivity contribution >= 4 is 17.4 Å². The Balaban J connectivity index is 1.83. The lowest BCUT2D eigenvalue weighted by Crippen LogP contribution is -2.29. The Morgan fingerprint density at radius 3 is 2.59 bits per heavy atom. The molecule has 2 aromatic heterocycles. The average Bonchev–Trinajstić information content (AvgIpc) is 3.36.